The second-order valence-corrected chi connectivity index (χ2v) is 4.03. The quantitative estimate of drug-likeness (QED) is 0.802. The standard InChI is InChI=1S/C12H13N5OS/c1-2-18-11-4-3-8(5-16-11)17-10-7-14-9(6-15-10)12(13)19/h3-7H,2H2,1H3,(H2,13,19)(H,15,17). The van der Waals surface area contributed by atoms with Crippen LogP contribution in [-0.2, 0) is 0 Å². The molecule has 0 unspecified atom stereocenters. The average molecular weight is 275 g/mol. The number of aromatic nitrogens is 3. The second-order valence-electron chi connectivity index (χ2n) is 3.59. The highest BCUT2D eigenvalue weighted by Gasteiger charge is 2.01. The molecule has 0 aliphatic rings. The molecule has 0 saturated carbocycles. The van der Waals surface area contributed by atoms with Gasteiger partial charge in [-0.3, -0.25) is 0 Å². The maximum Gasteiger partial charge on any atom is 0.213 e. The van der Waals surface area contributed by atoms with E-state index in [1.165, 1.54) is 6.20 Å². The molecular weight excluding hydrogens is 262 g/mol. The van der Waals surface area contributed by atoms with E-state index < -0.39 is 0 Å². The van der Waals surface area contributed by atoms with Crippen LogP contribution in [0, 0.1) is 0 Å². The monoisotopic (exact) mass is 275 g/mol. The van der Waals surface area contributed by atoms with Crippen molar-refractivity contribution >= 4 is 28.7 Å². The van der Waals surface area contributed by atoms with Gasteiger partial charge < -0.3 is 15.8 Å². The molecule has 0 aromatic carbocycles. The number of anilines is 2. The topological polar surface area (TPSA) is 86.0 Å². The van der Waals surface area contributed by atoms with Crippen molar-refractivity contribution in [1.82, 2.24) is 15.0 Å². The van der Waals surface area contributed by atoms with Crippen LogP contribution in [0.3, 0.4) is 0 Å². The van der Waals surface area contributed by atoms with Crippen LogP contribution in [0.2, 0.25) is 0 Å². The van der Waals surface area contributed by atoms with E-state index in [9.17, 15) is 0 Å². The summed E-state index contributed by atoms with van der Waals surface area (Å²) < 4.78 is 5.26. The van der Waals surface area contributed by atoms with Gasteiger partial charge in [-0.1, -0.05) is 12.2 Å². The van der Waals surface area contributed by atoms with Gasteiger partial charge >= 0.3 is 0 Å². The third kappa shape index (κ3) is 3.59. The van der Waals surface area contributed by atoms with Crippen molar-refractivity contribution in [2.45, 2.75) is 6.92 Å². The summed E-state index contributed by atoms with van der Waals surface area (Å²) in [6.45, 7) is 2.50. The number of hydrogen-bond donors (Lipinski definition) is 2. The van der Waals surface area contributed by atoms with Crippen molar-refractivity contribution in [3.8, 4) is 5.88 Å². The summed E-state index contributed by atoms with van der Waals surface area (Å²) in [5.41, 5.74) is 6.73. The van der Waals surface area contributed by atoms with Crippen molar-refractivity contribution in [1.29, 1.82) is 0 Å². The fourth-order valence-corrected chi connectivity index (χ4v) is 1.46. The van der Waals surface area contributed by atoms with Crippen molar-refractivity contribution in [3.63, 3.8) is 0 Å². The molecule has 0 fully saturated rings. The Hall–Kier alpha value is -2.28. The Balaban J connectivity index is 2.06. The number of nitrogens with two attached hydrogens (primary N) is 1. The lowest BCUT2D eigenvalue weighted by atomic mass is 10.4. The largest absolute Gasteiger partial charge is 0.478 e. The molecule has 98 valence electrons. The first kappa shape index (κ1) is 13.2. The summed E-state index contributed by atoms with van der Waals surface area (Å²) in [4.78, 5) is 12.6. The lowest BCUT2D eigenvalue weighted by molar-refractivity contribution is 0.327. The van der Waals surface area contributed by atoms with Gasteiger partial charge in [0.2, 0.25) is 5.88 Å². The zero-order valence-corrected chi connectivity index (χ0v) is 11.1. The Labute approximate surface area is 116 Å². The number of nitrogens with one attached hydrogen (secondary N) is 1. The Morgan fingerprint density at radius 2 is 2.11 bits per heavy atom. The first-order valence-electron chi connectivity index (χ1n) is 5.66. The van der Waals surface area contributed by atoms with Gasteiger partial charge in [-0.2, -0.15) is 0 Å². The summed E-state index contributed by atoms with van der Waals surface area (Å²) in [5.74, 6) is 1.17. The highest BCUT2D eigenvalue weighted by atomic mass is 32.1. The fourth-order valence-electron chi connectivity index (χ4n) is 1.36. The first-order valence-corrected chi connectivity index (χ1v) is 6.07. The lowest BCUT2D eigenvalue weighted by Crippen LogP contribution is -2.12. The molecule has 0 aliphatic carbocycles. The van der Waals surface area contributed by atoms with Crippen LogP contribution in [0.5, 0.6) is 5.88 Å². The molecule has 2 rings (SSSR count). The molecule has 2 aromatic rings. The third-order valence-electron chi connectivity index (χ3n) is 2.21. The number of thiocarbonyl (C=S) groups is 1. The zero-order chi connectivity index (χ0) is 13.7. The van der Waals surface area contributed by atoms with Crippen LogP contribution in [0.4, 0.5) is 11.5 Å². The van der Waals surface area contributed by atoms with E-state index in [2.05, 4.69) is 20.3 Å². The Bertz CT molecular complexity index is 555. The van der Waals surface area contributed by atoms with Gasteiger partial charge in [-0.15, -0.1) is 0 Å². The molecule has 0 aliphatic heterocycles. The molecule has 2 heterocycles. The molecule has 2 aromatic heterocycles. The highest BCUT2D eigenvalue weighted by Crippen LogP contribution is 2.15. The van der Waals surface area contributed by atoms with E-state index in [4.69, 9.17) is 22.7 Å². The van der Waals surface area contributed by atoms with Gasteiger partial charge in [-0.25, -0.2) is 15.0 Å². The first-order chi connectivity index (χ1) is 9.19. The van der Waals surface area contributed by atoms with Crippen LogP contribution in [0.25, 0.3) is 0 Å². The van der Waals surface area contributed by atoms with Crippen LogP contribution in [-0.4, -0.2) is 26.5 Å². The molecule has 0 amide bonds. The minimum absolute atomic E-state index is 0.224. The van der Waals surface area contributed by atoms with Crippen LogP contribution < -0.4 is 15.8 Å². The van der Waals surface area contributed by atoms with Crippen LogP contribution >= 0.6 is 12.2 Å². The molecule has 0 spiro atoms. The molecule has 0 bridgehead atoms. The number of hydrogen-bond acceptors (Lipinski definition) is 6. The van der Waals surface area contributed by atoms with Gasteiger partial charge in [0.15, 0.2) is 0 Å². The van der Waals surface area contributed by atoms with E-state index in [1.54, 1.807) is 18.5 Å². The SMILES string of the molecule is CCOc1ccc(Nc2cnc(C(N)=S)cn2)cn1. The minimum atomic E-state index is 0.224. The van der Waals surface area contributed by atoms with Crippen molar-refractivity contribution in [2.75, 3.05) is 11.9 Å². The summed E-state index contributed by atoms with van der Waals surface area (Å²) in [7, 11) is 0. The number of pyridine rings is 1. The number of rotatable bonds is 5. The van der Waals surface area contributed by atoms with Crippen molar-refractivity contribution < 1.29 is 4.74 Å². The predicted octanol–water partition coefficient (Wildman–Crippen LogP) is 1.65. The van der Waals surface area contributed by atoms with Crippen LogP contribution in [0.1, 0.15) is 12.6 Å². The fraction of sp³-hybridized carbons (Fsp3) is 0.167. The van der Waals surface area contributed by atoms with Crippen molar-refractivity contribution in [2.24, 2.45) is 5.73 Å². The Morgan fingerprint density at radius 1 is 1.26 bits per heavy atom. The highest BCUT2D eigenvalue weighted by molar-refractivity contribution is 7.80. The number of ether oxygens (including phenoxy) is 1. The Morgan fingerprint density at radius 3 is 2.63 bits per heavy atom. The number of nitrogens with zero attached hydrogens (tertiary/aromatic N) is 3. The normalized spacial score (nSPS) is 9.95. The van der Waals surface area contributed by atoms with E-state index >= 15 is 0 Å². The van der Waals surface area contributed by atoms with Gasteiger partial charge in [0.25, 0.3) is 0 Å². The van der Waals surface area contributed by atoms with E-state index in [-0.39, 0.29) is 4.99 Å². The lowest BCUT2D eigenvalue weighted by Gasteiger charge is -2.06. The van der Waals surface area contributed by atoms with E-state index in [1.807, 2.05) is 13.0 Å². The Kier molecular flexibility index (Phi) is 4.19. The summed E-state index contributed by atoms with van der Waals surface area (Å²) >= 11 is 4.81. The van der Waals surface area contributed by atoms with Crippen molar-refractivity contribution in [3.05, 3.63) is 36.4 Å². The maximum absolute atomic E-state index is 5.45. The van der Waals surface area contributed by atoms with Gasteiger partial charge in [0.05, 0.1) is 30.9 Å². The molecule has 0 atom stereocenters. The predicted molar refractivity (Wildman–Crippen MR) is 76.6 cm³/mol. The molecule has 6 nitrogen and oxygen atoms in total. The summed E-state index contributed by atoms with van der Waals surface area (Å²) in [6, 6.07) is 3.63. The van der Waals surface area contributed by atoms with Gasteiger partial charge in [-0.05, 0) is 13.0 Å². The molecule has 19 heavy (non-hydrogen) atoms. The average Bonchev–Trinajstić information content (AvgIpc) is 2.42. The van der Waals surface area contributed by atoms with Gasteiger partial charge in [0.1, 0.15) is 16.5 Å². The van der Waals surface area contributed by atoms with Gasteiger partial charge in [0, 0.05) is 6.07 Å². The van der Waals surface area contributed by atoms with E-state index in [0.29, 0.717) is 24.0 Å². The molecule has 7 heteroatoms. The third-order valence-corrected chi connectivity index (χ3v) is 2.41. The van der Waals surface area contributed by atoms with Crippen LogP contribution in [0.15, 0.2) is 30.7 Å². The molecular formula is C12H13N5OS. The zero-order valence-electron chi connectivity index (χ0n) is 10.3. The molecule has 3 N–H and O–H groups in total. The molecule has 0 radical (unpaired) electrons. The maximum atomic E-state index is 5.45. The molecule has 0 saturated heterocycles. The summed E-state index contributed by atoms with van der Waals surface area (Å²) in [5, 5.41) is 3.06. The second kappa shape index (κ2) is 6.05. The van der Waals surface area contributed by atoms with E-state index in [0.717, 1.165) is 5.69 Å². The smallest absolute Gasteiger partial charge is 0.213 e. The summed E-state index contributed by atoms with van der Waals surface area (Å²) in [6.07, 6.45) is 4.74. The minimum Gasteiger partial charge on any atom is -0.478 e.